The molecule has 5 heteroatoms. The Morgan fingerprint density at radius 1 is 1.62 bits per heavy atom. The molecular weight excluding hydrogens is 199 g/mol. The number of carboxylic acid groups (broad SMARTS) is 1. The zero-order chi connectivity index (χ0) is 10.7. The van der Waals surface area contributed by atoms with Crippen LogP contribution in [-0.2, 0) is 11.3 Å². The Morgan fingerprint density at radius 3 is 3.06 bits per heavy atom. The molecule has 80 valence electrons. The summed E-state index contributed by atoms with van der Waals surface area (Å²) in [6.45, 7) is 1.47. The maximum atomic E-state index is 10.8. The maximum absolute atomic E-state index is 10.8. The molecule has 1 aromatic heterocycles. The smallest absolute Gasteiger partial charge is 0.548 e. The minimum Gasteiger partial charge on any atom is -0.548 e. The Hall–Kier alpha value is -0.823. The van der Waals surface area contributed by atoms with Crippen LogP contribution in [0.5, 0.6) is 0 Å². The molecule has 1 aliphatic rings. The van der Waals surface area contributed by atoms with Gasteiger partial charge in [-0.05, 0) is 31.0 Å². The van der Waals surface area contributed by atoms with Crippen LogP contribution in [0.25, 0.3) is 0 Å². The molecule has 0 aromatic carbocycles. The van der Waals surface area contributed by atoms with Crippen molar-refractivity contribution in [2.24, 2.45) is 0 Å². The van der Waals surface area contributed by atoms with Crippen LogP contribution < -0.4 is 24.0 Å². The van der Waals surface area contributed by atoms with Crippen molar-refractivity contribution in [1.29, 1.82) is 0 Å². The van der Waals surface area contributed by atoms with Gasteiger partial charge in [-0.3, -0.25) is 9.88 Å². The van der Waals surface area contributed by atoms with Gasteiger partial charge in [0.25, 0.3) is 0 Å². The van der Waals surface area contributed by atoms with Crippen LogP contribution in [0, 0.1) is 0 Å². The van der Waals surface area contributed by atoms with Gasteiger partial charge in [-0.1, -0.05) is 6.07 Å². The molecule has 0 aliphatic carbocycles. The number of rotatable bonds is 3. The number of aromatic nitrogens is 1. The minimum absolute atomic E-state index is 0. The predicted molar refractivity (Wildman–Crippen MR) is 52.7 cm³/mol. The van der Waals surface area contributed by atoms with Crippen molar-refractivity contribution in [1.82, 2.24) is 9.88 Å². The van der Waals surface area contributed by atoms with Gasteiger partial charge in [0.2, 0.25) is 0 Å². The first-order chi connectivity index (χ1) is 7.27. The fourth-order valence-electron chi connectivity index (χ4n) is 2.01. The summed E-state index contributed by atoms with van der Waals surface area (Å²) in [4.78, 5) is 16.8. The number of hydrogen-bond acceptors (Lipinski definition) is 4. The van der Waals surface area contributed by atoms with Crippen LogP contribution in [0.4, 0.5) is 0 Å². The molecule has 0 spiro atoms. The van der Waals surface area contributed by atoms with Crippen molar-refractivity contribution in [2.75, 3.05) is 6.54 Å². The summed E-state index contributed by atoms with van der Waals surface area (Å²) in [5.41, 5.74) is 1.05. The Morgan fingerprint density at radius 2 is 2.44 bits per heavy atom. The molecule has 2 rings (SSSR count). The molecule has 1 saturated heterocycles. The third-order valence-corrected chi connectivity index (χ3v) is 2.74. The first-order valence-corrected chi connectivity index (χ1v) is 5.11. The number of pyridine rings is 1. The summed E-state index contributed by atoms with van der Waals surface area (Å²) in [7, 11) is 0. The summed E-state index contributed by atoms with van der Waals surface area (Å²) in [6, 6.07) is 3.39. The van der Waals surface area contributed by atoms with Gasteiger partial charge >= 0.3 is 18.9 Å². The number of likely N-dealkylation sites (tertiary alicyclic amines) is 1. The maximum Gasteiger partial charge on any atom is 1.00 e. The second kappa shape index (κ2) is 6.05. The SMILES string of the molecule is O=C([O-])[C@H]1CCCN1Cc1cccnc1.[Li+]. The summed E-state index contributed by atoms with van der Waals surface area (Å²) >= 11 is 0. The van der Waals surface area contributed by atoms with Crippen LogP contribution in [0.3, 0.4) is 0 Å². The molecule has 0 unspecified atom stereocenters. The van der Waals surface area contributed by atoms with Crippen LogP contribution in [0.1, 0.15) is 18.4 Å². The average Bonchev–Trinajstić information content (AvgIpc) is 2.67. The van der Waals surface area contributed by atoms with Gasteiger partial charge in [0.15, 0.2) is 0 Å². The quantitative estimate of drug-likeness (QED) is 0.495. The van der Waals surface area contributed by atoms with Gasteiger partial charge in [0.05, 0.1) is 5.97 Å². The Bertz CT molecular complexity index is 345. The summed E-state index contributed by atoms with van der Waals surface area (Å²) < 4.78 is 0. The summed E-state index contributed by atoms with van der Waals surface area (Å²) in [5, 5.41) is 10.8. The molecule has 1 fully saturated rings. The molecule has 0 saturated carbocycles. The van der Waals surface area contributed by atoms with Crippen LogP contribution in [0.2, 0.25) is 0 Å². The Balaban J connectivity index is 0.00000128. The molecular formula is C11H13LiN2O2. The molecule has 2 heterocycles. The van der Waals surface area contributed by atoms with Crippen LogP contribution in [0.15, 0.2) is 24.5 Å². The molecule has 1 atom stereocenters. The first-order valence-electron chi connectivity index (χ1n) is 5.11. The van der Waals surface area contributed by atoms with Crippen LogP contribution in [-0.4, -0.2) is 28.4 Å². The second-order valence-corrected chi connectivity index (χ2v) is 3.81. The van der Waals surface area contributed by atoms with Crippen molar-refractivity contribution in [3.63, 3.8) is 0 Å². The third-order valence-electron chi connectivity index (χ3n) is 2.74. The van der Waals surface area contributed by atoms with E-state index in [4.69, 9.17) is 0 Å². The zero-order valence-corrected chi connectivity index (χ0v) is 9.43. The molecule has 1 aromatic rings. The van der Waals surface area contributed by atoms with E-state index in [9.17, 15) is 9.90 Å². The van der Waals surface area contributed by atoms with Crippen molar-refractivity contribution < 1.29 is 28.8 Å². The van der Waals surface area contributed by atoms with E-state index in [1.807, 2.05) is 17.0 Å². The van der Waals surface area contributed by atoms with Crippen molar-refractivity contribution >= 4 is 5.97 Å². The van der Waals surface area contributed by atoms with Crippen molar-refractivity contribution in [3.8, 4) is 0 Å². The molecule has 4 nitrogen and oxygen atoms in total. The number of aliphatic carboxylic acids is 1. The third kappa shape index (κ3) is 3.08. The van der Waals surface area contributed by atoms with Crippen molar-refractivity contribution in [3.05, 3.63) is 30.1 Å². The van der Waals surface area contributed by atoms with Gasteiger partial charge in [-0.15, -0.1) is 0 Å². The van der Waals surface area contributed by atoms with E-state index in [-0.39, 0.29) is 18.9 Å². The van der Waals surface area contributed by atoms with Gasteiger partial charge in [-0.2, -0.15) is 0 Å². The molecule has 0 bridgehead atoms. The number of carbonyl (C=O) groups is 1. The van der Waals surface area contributed by atoms with Gasteiger partial charge in [-0.25, -0.2) is 0 Å². The standard InChI is InChI=1S/C11H14N2O2.Li/c14-11(15)10-4-2-6-13(10)8-9-3-1-5-12-7-9;/h1,3,5,7,10H,2,4,6,8H2,(H,14,15);/q;+1/p-1/t10-;/m1./s1. The number of carbonyl (C=O) groups excluding carboxylic acids is 1. The van der Waals surface area contributed by atoms with Gasteiger partial charge in [0, 0.05) is 25.0 Å². The molecule has 0 amide bonds. The summed E-state index contributed by atoms with van der Waals surface area (Å²) in [6.07, 6.45) is 5.11. The largest absolute Gasteiger partial charge is 1.00 e. The average molecular weight is 212 g/mol. The van der Waals surface area contributed by atoms with E-state index in [1.165, 1.54) is 0 Å². The molecule has 16 heavy (non-hydrogen) atoms. The molecule has 0 N–H and O–H groups in total. The molecule has 0 radical (unpaired) electrons. The summed E-state index contributed by atoms with van der Waals surface area (Å²) in [5.74, 6) is -0.962. The number of nitrogens with zero attached hydrogens (tertiary/aromatic N) is 2. The van der Waals surface area contributed by atoms with Gasteiger partial charge < -0.3 is 9.90 Å². The first kappa shape index (κ1) is 13.2. The number of carboxylic acids is 1. The van der Waals surface area contributed by atoms with Crippen molar-refractivity contribution in [2.45, 2.75) is 25.4 Å². The van der Waals surface area contributed by atoms with E-state index in [0.717, 1.165) is 18.5 Å². The minimum atomic E-state index is -0.962. The zero-order valence-electron chi connectivity index (χ0n) is 9.43. The number of hydrogen-bond donors (Lipinski definition) is 0. The van der Waals surface area contributed by atoms with Gasteiger partial charge in [0.1, 0.15) is 0 Å². The van der Waals surface area contributed by atoms with E-state index in [2.05, 4.69) is 4.98 Å². The van der Waals surface area contributed by atoms with E-state index in [0.29, 0.717) is 13.0 Å². The van der Waals surface area contributed by atoms with E-state index < -0.39 is 12.0 Å². The Labute approximate surface area is 107 Å². The van der Waals surface area contributed by atoms with E-state index >= 15 is 0 Å². The molecule has 1 aliphatic heterocycles. The fourth-order valence-corrected chi connectivity index (χ4v) is 2.01. The van der Waals surface area contributed by atoms with E-state index in [1.54, 1.807) is 12.4 Å². The topological polar surface area (TPSA) is 56.3 Å². The fraction of sp³-hybridized carbons (Fsp3) is 0.455. The monoisotopic (exact) mass is 212 g/mol. The second-order valence-electron chi connectivity index (χ2n) is 3.81. The Kier molecular flexibility index (Phi) is 5.00. The predicted octanol–water partition coefficient (Wildman–Crippen LogP) is -3.20. The van der Waals surface area contributed by atoms with Crippen LogP contribution >= 0.6 is 0 Å². The normalized spacial score (nSPS) is 20.4.